The second-order valence-corrected chi connectivity index (χ2v) is 7.25. The van der Waals surface area contributed by atoms with E-state index in [1.165, 1.54) is 5.56 Å². The summed E-state index contributed by atoms with van der Waals surface area (Å²) >= 11 is 1.71. The number of ether oxygens (including phenoxy) is 1. The van der Waals surface area contributed by atoms with Crippen LogP contribution >= 0.6 is 36.2 Å². The van der Waals surface area contributed by atoms with Gasteiger partial charge in [0.1, 0.15) is 0 Å². The van der Waals surface area contributed by atoms with E-state index in [4.69, 9.17) is 4.74 Å². The summed E-state index contributed by atoms with van der Waals surface area (Å²) in [5, 5.41) is 10.9. The molecular weight excluding hydrogens is 393 g/mol. The molecule has 1 saturated heterocycles. The number of hydrogen-bond acceptors (Lipinski definition) is 5. The van der Waals surface area contributed by atoms with Gasteiger partial charge in [0, 0.05) is 13.7 Å². The van der Waals surface area contributed by atoms with Crippen molar-refractivity contribution in [1.29, 1.82) is 0 Å². The number of nitrogens with one attached hydrogen (secondary N) is 2. The molecule has 5 nitrogen and oxygen atoms in total. The molecule has 1 aliphatic heterocycles. The molecule has 2 rings (SSSR count). The third-order valence-electron chi connectivity index (χ3n) is 5.10. The van der Waals surface area contributed by atoms with E-state index in [2.05, 4.69) is 46.2 Å². The molecule has 1 atom stereocenters. The highest BCUT2D eigenvalue weighted by Crippen LogP contribution is 2.30. The van der Waals surface area contributed by atoms with E-state index in [-0.39, 0.29) is 42.2 Å². The number of rotatable bonds is 9. The first-order chi connectivity index (χ1) is 11.7. The molecule has 0 spiro atoms. The van der Waals surface area contributed by atoms with E-state index in [9.17, 15) is 4.79 Å². The van der Waals surface area contributed by atoms with Crippen LogP contribution in [0.1, 0.15) is 38.3 Å². The second kappa shape index (κ2) is 12.9. The van der Waals surface area contributed by atoms with Crippen molar-refractivity contribution in [3.63, 3.8) is 0 Å². The number of methoxy groups -OCH3 is 1. The number of nitrogens with zero attached hydrogens (tertiary/aromatic N) is 1. The molecule has 2 heterocycles. The zero-order chi connectivity index (χ0) is 17.4. The summed E-state index contributed by atoms with van der Waals surface area (Å²) in [6.07, 6.45) is 1.67. The first kappa shape index (κ1) is 25.6. The average molecular weight is 426 g/mol. The molecular formula is C18H33Cl2N3O2S. The topological polar surface area (TPSA) is 53.6 Å². The van der Waals surface area contributed by atoms with Crippen LogP contribution in [-0.2, 0) is 9.53 Å². The van der Waals surface area contributed by atoms with Crippen molar-refractivity contribution in [3.05, 3.63) is 22.4 Å². The minimum absolute atomic E-state index is 0. The lowest BCUT2D eigenvalue weighted by Crippen LogP contribution is -2.51. The average Bonchev–Trinajstić information content (AvgIpc) is 3.13. The lowest BCUT2D eigenvalue weighted by molar-refractivity contribution is -0.136. The Morgan fingerprint density at radius 3 is 2.50 bits per heavy atom. The number of amides is 1. The van der Waals surface area contributed by atoms with E-state index >= 15 is 0 Å². The van der Waals surface area contributed by atoms with Crippen LogP contribution in [0.4, 0.5) is 0 Å². The molecule has 0 saturated carbocycles. The van der Waals surface area contributed by atoms with E-state index in [1.807, 2.05) is 0 Å². The SMILES string of the molecule is CCN(CC)C(CNC(=O)C1(COC)CCNCC1)c1ccsc1.Cl.Cl. The monoisotopic (exact) mass is 425 g/mol. The van der Waals surface area contributed by atoms with E-state index in [0.717, 1.165) is 39.0 Å². The summed E-state index contributed by atoms with van der Waals surface area (Å²) in [6.45, 7) is 9.18. The van der Waals surface area contributed by atoms with Gasteiger partial charge < -0.3 is 15.4 Å². The molecule has 0 aromatic carbocycles. The van der Waals surface area contributed by atoms with Gasteiger partial charge in [0.25, 0.3) is 0 Å². The van der Waals surface area contributed by atoms with Gasteiger partial charge in [-0.15, -0.1) is 24.8 Å². The van der Waals surface area contributed by atoms with Crippen LogP contribution < -0.4 is 10.6 Å². The van der Waals surface area contributed by atoms with Crippen LogP contribution in [0.3, 0.4) is 0 Å². The Bertz CT molecular complexity index is 487. The lowest BCUT2D eigenvalue weighted by Gasteiger charge is -2.37. The molecule has 0 aliphatic carbocycles. The van der Waals surface area contributed by atoms with E-state index in [1.54, 1.807) is 18.4 Å². The van der Waals surface area contributed by atoms with Gasteiger partial charge in [-0.1, -0.05) is 13.8 Å². The quantitative estimate of drug-likeness (QED) is 0.637. The maximum Gasteiger partial charge on any atom is 0.228 e. The third kappa shape index (κ3) is 6.36. The van der Waals surface area contributed by atoms with Crippen molar-refractivity contribution in [2.75, 3.05) is 46.4 Å². The normalized spacial score (nSPS) is 17.1. The molecule has 26 heavy (non-hydrogen) atoms. The van der Waals surface area contributed by atoms with Crippen molar-refractivity contribution in [2.24, 2.45) is 5.41 Å². The zero-order valence-corrected chi connectivity index (χ0v) is 18.4. The Balaban J connectivity index is 0.00000312. The molecule has 1 aliphatic rings. The molecule has 8 heteroatoms. The van der Waals surface area contributed by atoms with Crippen LogP contribution in [0.2, 0.25) is 0 Å². The van der Waals surface area contributed by atoms with Crippen molar-refractivity contribution in [2.45, 2.75) is 32.7 Å². The first-order valence-corrected chi connectivity index (χ1v) is 9.85. The van der Waals surface area contributed by atoms with Crippen LogP contribution in [0.15, 0.2) is 16.8 Å². The predicted molar refractivity (Wildman–Crippen MR) is 114 cm³/mol. The van der Waals surface area contributed by atoms with Crippen LogP contribution in [0.25, 0.3) is 0 Å². The maximum absolute atomic E-state index is 12.9. The first-order valence-electron chi connectivity index (χ1n) is 8.91. The van der Waals surface area contributed by atoms with Gasteiger partial charge in [0.05, 0.1) is 18.1 Å². The lowest BCUT2D eigenvalue weighted by atomic mass is 9.78. The summed E-state index contributed by atoms with van der Waals surface area (Å²) in [4.78, 5) is 15.3. The van der Waals surface area contributed by atoms with Gasteiger partial charge in [0.15, 0.2) is 0 Å². The number of carbonyl (C=O) groups is 1. The Morgan fingerprint density at radius 2 is 2.00 bits per heavy atom. The molecule has 0 radical (unpaired) electrons. The van der Waals surface area contributed by atoms with E-state index in [0.29, 0.717) is 13.2 Å². The van der Waals surface area contributed by atoms with Crippen molar-refractivity contribution >= 4 is 42.1 Å². The highest BCUT2D eigenvalue weighted by atomic mass is 35.5. The number of thiophene rings is 1. The van der Waals surface area contributed by atoms with Crippen LogP contribution in [-0.4, -0.2) is 57.2 Å². The Kier molecular flexibility index (Phi) is 12.7. The Hall–Kier alpha value is -0.370. The molecule has 1 aromatic rings. The highest BCUT2D eigenvalue weighted by Gasteiger charge is 2.39. The predicted octanol–water partition coefficient (Wildman–Crippen LogP) is 3.11. The summed E-state index contributed by atoms with van der Waals surface area (Å²) in [5.74, 6) is 0.137. The number of likely N-dealkylation sites (N-methyl/N-ethyl adjacent to an activating group) is 1. The summed E-state index contributed by atoms with van der Waals surface area (Å²) in [6, 6.07) is 2.39. The summed E-state index contributed by atoms with van der Waals surface area (Å²) < 4.78 is 5.38. The van der Waals surface area contributed by atoms with Gasteiger partial charge in [-0.2, -0.15) is 11.3 Å². The number of hydrogen-bond donors (Lipinski definition) is 2. The number of carbonyl (C=O) groups excluding carboxylic acids is 1. The largest absolute Gasteiger partial charge is 0.384 e. The summed E-state index contributed by atoms with van der Waals surface area (Å²) in [5.41, 5.74) is 0.901. The van der Waals surface area contributed by atoms with Gasteiger partial charge in [-0.05, 0) is 61.4 Å². The smallest absolute Gasteiger partial charge is 0.228 e. The maximum atomic E-state index is 12.9. The fraction of sp³-hybridized carbons (Fsp3) is 0.722. The van der Waals surface area contributed by atoms with Gasteiger partial charge in [-0.25, -0.2) is 0 Å². The highest BCUT2D eigenvalue weighted by molar-refractivity contribution is 7.07. The third-order valence-corrected chi connectivity index (χ3v) is 5.80. The molecule has 1 aromatic heterocycles. The van der Waals surface area contributed by atoms with Crippen molar-refractivity contribution < 1.29 is 9.53 Å². The molecule has 1 amide bonds. The van der Waals surface area contributed by atoms with Gasteiger partial charge in [0.2, 0.25) is 5.91 Å². The number of halogens is 2. The minimum atomic E-state index is -0.386. The van der Waals surface area contributed by atoms with Crippen molar-refractivity contribution in [3.8, 4) is 0 Å². The molecule has 1 unspecified atom stereocenters. The Labute approximate surface area is 174 Å². The van der Waals surface area contributed by atoms with Crippen LogP contribution in [0, 0.1) is 5.41 Å². The van der Waals surface area contributed by atoms with E-state index < -0.39 is 0 Å². The standard InChI is InChI=1S/C18H31N3O2S.2ClH/c1-4-21(5-2)16(15-6-11-24-13-15)12-20-17(22)18(14-23-3)7-9-19-10-8-18;;/h6,11,13,16,19H,4-5,7-10,12,14H2,1-3H3,(H,20,22);2*1H. The molecule has 152 valence electrons. The zero-order valence-electron chi connectivity index (χ0n) is 16.0. The van der Waals surface area contributed by atoms with Gasteiger partial charge >= 0.3 is 0 Å². The molecule has 1 fully saturated rings. The van der Waals surface area contributed by atoms with Crippen molar-refractivity contribution in [1.82, 2.24) is 15.5 Å². The second-order valence-electron chi connectivity index (χ2n) is 6.47. The minimum Gasteiger partial charge on any atom is -0.384 e. The van der Waals surface area contributed by atoms with Crippen LogP contribution in [0.5, 0.6) is 0 Å². The fourth-order valence-electron chi connectivity index (χ4n) is 3.58. The molecule has 2 N–H and O–H groups in total. The Morgan fingerprint density at radius 1 is 1.35 bits per heavy atom. The fourth-order valence-corrected chi connectivity index (χ4v) is 4.29. The molecule has 0 bridgehead atoms. The van der Waals surface area contributed by atoms with Gasteiger partial charge in [-0.3, -0.25) is 9.69 Å². The number of piperidine rings is 1. The summed E-state index contributed by atoms with van der Waals surface area (Å²) in [7, 11) is 1.68.